The van der Waals surface area contributed by atoms with Gasteiger partial charge in [-0.15, -0.1) is 0 Å². The minimum atomic E-state index is -4.61. The number of nitrogens with one attached hydrogen (secondary N) is 1. The summed E-state index contributed by atoms with van der Waals surface area (Å²) in [7, 11) is 1.26. The van der Waals surface area contributed by atoms with Gasteiger partial charge in [0, 0.05) is 6.42 Å². The smallest absolute Gasteiger partial charge is 0.268 e. The SMILES string of the molecule is CCCCCCCCCCCCCCCCCCCCC/C=C/CC/C=C/C(O)C(COP(=O)([O-])OCC[N+](C)(C)C)NC(=O)CCCCCCCCCCCCCCCCCCCCCCCCCCCCCCCCCCC. The van der Waals surface area contributed by atoms with Crippen molar-refractivity contribution in [1.29, 1.82) is 0 Å². The average Bonchev–Trinajstić information content (AvgIpc) is 3.43. The third-order valence-electron chi connectivity index (χ3n) is 16.7. The summed E-state index contributed by atoms with van der Waals surface area (Å²) >= 11 is 0. The van der Waals surface area contributed by atoms with Gasteiger partial charge in [0.1, 0.15) is 13.2 Å². The maximum Gasteiger partial charge on any atom is 0.268 e. The number of hydrogen-bond donors (Lipinski definition) is 2. The van der Waals surface area contributed by atoms with E-state index in [-0.39, 0.29) is 19.1 Å². The van der Waals surface area contributed by atoms with Gasteiger partial charge >= 0.3 is 0 Å². The molecule has 0 aromatic rings. The molecule has 1 amide bonds. The first-order valence-corrected chi connectivity index (χ1v) is 37.2. The van der Waals surface area contributed by atoms with Crippen molar-refractivity contribution in [3.05, 3.63) is 24.3 Å². The zero-order valence-electron chi connectivity index (χ0n) is 54.6. The van der Waals surface area contributed by atoms with Crippen LogP contribution in [0.4, 0.5) is 0 Å². The summed E-state index contributed by atoms with van der Waals surface area (Å²) in [5.41, 5.74) is 0. The lowest BCUT2D eigenvalue weighted by molar-refractivity contribution is -0.870. The number of rotatable bonds is 67. The number of unbranched alkanes of at least 4 members (excludes halogenated alkanes) is 52. The fourth-order valence-corrected chi connectivity index (χ4v) is 11.8. The summed E-state index contributed by atoms with van der Waals surface area (Å²) < 4.78 is 23.4. The molecule has 476 valence electrons. The fraction of sp³-hybridized carbons (Fsp3) is 0.930. The summed E-state index contributed by atoms with van der Waals surface area (Å²) in [6.45, 7) is 4.70. The van der Waals surface area contributed by atoms with Crippen molar-refractivity contribution in [1.82, 2.24) is 5.32 Å². The normalized spacial score (nSPS) is 13.7. The molecule has 0 fully saturated rings. The number of amides is 1. The Labute approximate surface area is 500 Å². The predicted octanol–water partition coefficient (Wildman–Crippen LogP) is 22.0. The Hall–Kier alpha value is -1.02. The van der Waals surface area contributed by atoms with E-state index in [1.165, 1.54) is 315 Å². The summed E-state index contributed by atoms with van der Waals surface area (Å²) in [6.07, 6.45) is 81.8. The van der Waals surface area contributed by atoms with Crippen LogP contribution in [0, 0.1) is 0 Å². The molecular weight excluding hydrogens is 1010 g/mol. The lowest BCUT2D eigenvalue weighted by Crippen LogP contribution is -2.45. The third kappa shape index (κ3) is 64.5. The van der Waals surface area contributed by atoms with Gasteiger partial charge in [-0.1, -0.05) is 359 Å². The zero-order valence-corrected chi connectivity index (χ0v) is 55.5. The van der Waals surface area contributed by atoms with Crippen molar-refractivity contribution in [2.75, 3.05) is 40.9 Å². The number of carbonyl (C=O) groups excluding carboxylic acids is 1. The van der Waals surface area contributed by atoms with E-state index >= 15 is 0 Å². The average molecular weight is 1150 g/mol. The number of carbonyl (C=O) groups is 1. The number of allylic oxidation sites excluding steroid dienone is 3. The molecule has 80 heavy (non-hydrogen) atoms. The Balaban J connectivity index is 4.03. The van der Waals surface area contributed by atoms with E-state index in [2.05, 4.69) is 31.3 Å². The maximum absolute atomic E-state index is 13.0. The molecule has 0 aromatic carbocycles. The highest BCUT2D eigenvalue weighted by molar-refractivity contribution is 7.45. The van der Waals surface area contributed by atoms with Crippen LogP contribution in [0.1, 0.15) is 373 Å². The maximum atomic E-state index is 13.0. The number of hydrogen-bond acceptors (Lipinski definition) is 6. The highest BCUT2D eigenvalue weighted by atomic mass is 31.2. The molecule has 0 saturated heterocycles. The molecule has 0 rings (SSSR count). The van der Waals surface area contributed by atoms with Crippen LogP contribution in [0.3, 0.4) is 0 Å². The molecule has 0 aliphatic rings. The van der Waals surface area contributed by atoms with E-state index in [4.69, 9.17) is 9.05 Å². The summed E-state index contributed by atoms with van der Waals surface area (Å²) in [6, 6.07) is -0.902. The van der Waals surface area contributed by atoms with Crippen molar-refractivity contribution in [2.24, 2.45) is 0 Å². The number of phosphoric acid groups is 1. The molecule has 0 radical (unpaired) electrons. The lowest BCUT2D eigenvalue weighted by atomic mass is 10.0. The topological polar surface area (TPSA) is 108 Å². The van der Waals surface area contributed by atoms with E-state index in [0.717, 1.165) is 38.5 Å². The minimum Gasteiger partial charge on any atom is -0.756 e. The Kier molecular flexibility index (Phi) is 61.7. The van der Waals surface area contributed by atoms with E-state index < -0.39 is 20.0 Å². The summed E-state index contributed by atoms with van der Waals surface area (Å²) in [5, 5.41) is 13.9. The monoisotopic (exact) mass is 1150 g/mol. The van der Waals surface area contributed by atoms with Crippen molar-refractivity contribution >= 4 is 13.7 Å². The number of aliphatic hydroxyl groups excluding tert-OH is 1. The van der Waals surface area contributed by atoms with Crippen LogP contribution in [0.5, 0.6) is 0 Å². The number of quaternary nitrogens is 1. The largest absolute Gasteiger partial charge is 0.756 e. The van der Waals surface area contributed by atoms with Crippen LogP contribution in [-0.2, 0) is 18.4 Å². The first-order valence-electron chi connectivity index (χ1n) is 35.7. The van der Waals surface area contributed by atoms with Gasteiger partial charge in [-0.3, -0.25) is 9.36 Å². The predicted molar refractivity (Wildman–Crippen MR) is 349 cm³/mol. The van der Waals surface area contributed by atoms with Gasteiger partial charge in [0.15, 0.2) is 0 Å². The number of nitrogens with zero attached hydrogens (tertiary/aromatic N) is 1. The van der Waals surface area contributed by atoms with Gasteiger partial charge in [-0.05, 0) is 32.1 Å². The molecule has 0 aliphatic heterocycles. The second kappa shape index (κ2) is 62.5. The van der Waals surface area contributed by atoms with Crippen LogP contribution in [-0.4, -0.2) is 68.5 Å². The first kappa shape index (κ1) is 79.0. The van der Waals surface area contributed by atoms with Crippen molar-refractivity contribution in [3.8, 4) is 0 Å². The van der Waals surface area contributed by atoms with Crippen molar-refractivity contribution in [2.45, 2.75) is 386 Å². The fourth-order valence-electron chi connectivity index (χ4n) is 11.1. The van der Waals surface area contributed by atoms with E-state index in [0.29, 0.717) is 17.4 Å². The molecule has 9 heteroatoms. The second-order valence-electron chi connectivity index (χ2n) is 25.9. The van der Waals surface area contributed by atoms with Crippen LogP contribution < -0.4 is 10.2 Å². The van der Waals surface area contributed by atoms with Crippen LogP contribution >= 0.6 is 7.82 Å². The number of phosphoric ester groups is 1. The van der Waals surface area contributed by atoms with Gasteiger partial charge in [0.25, 0.3) is 7.82 Å². The molecule has 3 unspecified atom stereocenters. The molecule has 0 bridgehead atoms. The Morgan fingerprint density at radius 1 is 0.425 bits per heavy atom. The highest BCUT2D eigenvalue weighted by Gasteiger charge is 2.23. The molecule has 3 atom stereocenters. The zero-order chi connectivity index (χ0) is 58.4. The second-order valence-corrected chi connectivity index (χ2v) is 27.4. The molecular formula is C71H141N2O6P. The number of likely N-dealkylation sites (N-methyl/N-ethyl adjacent to an activating group) is 1. The van der Waals surface area contributed by atoms with Crippen LogP contribution in [0.25, 0.3) is 0 Å². The van der Waals surface area contributed by atoms with Crippen molar-refractivity contribution in [3.63, 3.8) is 0 Å². The lowest BCUT2D eigenvalue weighted by Gasteiger charge is -2.29. The minimum absolute atomic E-state index is 0.00340. The Morgan fingerprint density at radius 2 is 0.700 bits per heavy atom. The molecule has 0 aliphatic carbocycles. The van der Waals surface area contributed by atoms with Gasteiger partial charge in [0.2, 0.25) is 5.91 Å². The quantitative estimate of drug-likeness (QED) is 0.0272. The Bertz CT molecular complexity index is 1350. The van der Waals surface area contributed by atoms with Crippen LogP contribution in [0.15, 0.2) is 24.3 Å². The van der Waals surface area contributed by atoms with E-state index in [1.54, 1.807) is 6.08 Å². The third-order valence-corrected chi connectivity index (χ3v) is 17.6. The Morgan fingerprint density at radius 3 is 1.01 bits per heavy atom. The standard InChI is InChI=1S/C71H141N2O6P/c1-6-8-10-12-14-16-18-20-22-24-26-28-30-32-33-34-35-36-37-38-39-41-43-45-47-49-51-53-55-57-59-61-63-65-71(75)72-69(68-79-80(76,77)78-67-66-73(3,4)5)70(74)64-62-60-58-56-54-52-50-48-46-44-42-40-31-29-27-25-23-21-19-17-15-13-11-9-7-2/h54,56,62,64,69-70,74H,6-53,55,57-61,63,65-68H2,1-5H3,(H-,72,75,76,77)/b56-54+,64-62+. The van der Waals surface area contributed by atoms with Gasteiger partial charge in [-0.2, -0.15) is 0 Å². The van der Waals surface area contributed by atoms with Gasteiger partial charge in [0.05, 0.1) is 39.9 Å². The first-order chi connectivity index (χ1) is 39.0. The number of aliphatic hydroxyl groups is 1. The summed E-state index contributed by atoms with van der Waals surface area (Å²) in [4.78, 5) is 25.6. The van der Waals surface area contributed by atoms with Crippen LogP contribution in [0.2, 0.25) is 0 Å². The van der Waals surface area contributed by atoms with Crippen molar-refractivity contribution < 1.29 is 32.9 Å². The van der Waals surface area contributed by atoms with Gasteiger partial charge in [-0.25, -0.2) is 0 Å². The summed E-state index contributed by atoms with van der Waals surface area (Å²) in [5.74, 6) is -0.198. The molecule has 2 N–H and O–H groups in total. The highest BCUT2D eigenvalue weighted by Crippen LogP contribution is 2.38. The molecule has 8 nitrogen and oxygen atoms in total. The van der Waals surface area contributed by atoms with E-state index in [9.17, 15) is 19.4 Å². The molecule has 0 aromatic heterocycles. The van der Waals surface area contributed by atoms with E-state index in [1.807, 2.05) is 27.2 Å². The molecule has 0 saturated carbocycles. The van der Waals surface area contributed by atoms with Gasteiger partial charge < -0.3 is 28.8 Å². The molecule has 0 heterocycles. The molecule has 0 spiro atoms.